The van der Waals surface area contributed by atoms with E-state index in [9.17, 15) is 9.18 Å². The maximum absolute atomic E-state index is 12.7. The summed E-state index contributed by atoms with van der Waals surface area (Å²) in [5, 5.41) is 12.0. The fraction of sp³-hybridized carbons (Fsp3) is 0.462. The fourth-order valence-corrected chi connectivity index (χ4v) is 1.78. The second-order valence-corrected chi connectivity index (χ2v) is 4.45. The van der Waals surface area contributed by atoms with Gasteiger partial charge in [0.15, 0.2) is 0 Å². The Bertz CT molecular complexity index is 362. The molecule has 94 valence electrons. The third kappa shape index (κ3) is 5.45. The molecule has 1 atom stereocenters. The Morgan fingerprint density at radius 1 is 1.35 bits per heavy atom. The van der Waals surface area contributed by atoms with E-state index in [4.69, 9.17) is 5.11 Å². The Kier molecular flexibility index (Phi) is 5.10. The molecule has 17 heavy (non-hydrogen) atoms. The van der Waals surface area contributed by atoms with Crippen molar-refractivity contribution in [1.82, 2.24) is 5.32 Å². The molecule has 2 N–H and O–H groups in total. The van der Waals surface area contributed by atoms with Crippen LogP contribution in [0.5, 0.6) is 0 Å². The van der Waals surface area contributed by atoms with Gasteiger partial charge in [-0.05, 0) is 24.1 Å². The number of nitrogens with one attached hydrogen (secondary N) is 1. The highest BCUT2D eigenvalue weighted by atomic mass is 19.1. The molecular weight excluding hydrogens is 221 g/mol. The number of carbonyl (C=O) groups is 1. The lowest BCUT2D eigenvalue weighted by molar-refractivity contribution is -0.137. The van der Waals surface area contributed by atoms with E-state index in [1.807, 2.05) is 13.8 Å². The number of halogens is 1. The van der Waals surface area contributed by atoms with Crippen molar-refractivity contribution >= 4 is 5.97 Å². The van der Waals surface area contributed by atoms with Gasteiger partial charge in [-0.15, -0.1) is 0 Å². The molecule has 0 saturated heterocycles. The van der Waals surface area contributed by atoms with Crippen molar-refractivity contribution in [3.05, 3.63) is 35.6 Å². The topological polar surface area (TPSA) is 49.3 Å². The van der Waals surface area contributed by atoms with Gasteiger partial charge in [-0.2, -0.15) is 0 Å². The number of rotatable bonds is 6. The summed E-state index contributed by atoms with van der Waals surface area (Å²) in [6.07, 6.45) is 0.653. The monoisotopic (exact) mass is 239 g/mol. The Morgan fingerprint density at radius 2 is 1.94 bits per heavy atom. The number of carboxylic acids is 1. The molecule has 0 aliphatic heterocycles. The average molecular weight is 239 g/mol. The van der Waals surface area contributed by atoms with Crippen LogP contribution >= 0.6 is 0 Å². The molecule has 0 amide bonds. The first kappa shape index (κ1) is 13.6. The molecular formula is C13H18FNO2. The summed E-state index contributed by atoms with van der Waals surface area (Å²) >= 11 is 0. The zero-order chi connectivity index (χ0) is 12.8. The first-order chi connectivity index (χ1) is 7.97. The molecule has 0 bridgehead atoms. The van der Waals surface area contributed by atoms with Crippen LogP contribution in [0.15, 0.2) is 24.3 Å². The number of hydrogen-bond acceptors (Lipinski definition) is 2. The molecule has 1 aromatic carbocycles. The predicted molar refractivity (Wildman–Crippen MR) is 64.4 cm³/mol. The van der Waals surface area contributed by atoms with Gasteiger partial charge in [-0.1, -0.05) is 26.0 Å². The van der Waals surface area contributed by atoms with Crippen LogP contribution in [0, 0.1) is 5.82 Å². The van der Waals surface area contributed by atoms with Crippen molar-refractivity contribution in [1.29, 1.82) is 0 Å². The van der Waals surface area contributed by atoms with E-state index in [-0.39, 0.29) is 24.3 Å². The van der Waals surface area contributed by atoms with Crippen LogP contribution < -0.4 is 5.32 Å². The second-order valence-electron chi connectivity index (χ2n) is 4.45. The summed E-state index contributed by atoms with van der Waals surface area (Å²) in [7, 11) is 0. The third-order valence-electron chi connectivity index (χ3n) is 2.39. The molecule has 1 unspecified atom stereocenters. The van der Waals surface area contributed by atoms with Gasteiger partial charge < -0.3 is 10.4 Å². The summed E-state index contributed by atoms with van der Waals surface area (Å²) in [5.41, 5.74) is 0.936. The van der Waals surface area contributed by atoms with Crippen molar-refractivity contribution in [3.63, 3.8) is 0 Å². The second kappa shape index (κ2) is 6.35. The molecule has 0 spiro atoms. The van der Waals surface area contributed by atoms with Gasteiger partial charge in [-0.25, -0.2) is 4.39 Å². The zero-order valence-electron chi connectivity index (χ0n) is 10.1. The molecule has 1 aromatic rings. The molecule has 3 nitrogen and oxygen atoms in total. The molecule has 0 aliphatic rings. The number of aliphatic carboxylic acids is 1. The molecule has 0 heterocycles. The van der Waals surface area contributed by atoms with Gasteiger partial charge in [-0.3, -0.25) is 4.79 Å². The summed E-state index contributed by atoms with van der Waals surface area (Å²) in [5.74, 6) is -1.11. The van der Waals surface area contributed by atoms with E-state index >= 15 is 0 Å². The molecule has 0 radical (unpaired) electrons. The van der Waals surface area contributed by atoms with Crippen LogP contribution in [0.4, 0.5) is 4.39 Å². The Hall–Kier alpha value is -1.42. The van der Waals surface area contributed by atoms with E-state index < -0.39 is 5.97 Å². The minimum absolute atomic E-state index is 0.0650. The first-order valence-corrected chi connectivity index (χ1v) is 5.69. The third-order valence-corrected chi connectivity index (χ3v) is 2.39. The maximum Gasteiger partial charge on any atom is 0.304 e. The smallest absolute Gasteiger partial charge is 0.304 e. The van der Waals surface area contributed by atoms with Crippen LogP contribution in [-0.2, 0) is 11.2 Å². The summed E-state index contributed by atoms with van der Waals surface area (Å²) in [4.78, 5) is 10.7. The normalized spacial score (nSPS) is 12.7. The van der Waals surface area contributed by atoms with E-state index in [0.29, 0.717) is 6.42 Å². The highest BCUT2D eigenvalue weighted by Gasteiger charge is 2.14. The van der Waals surface area contributed by atoms with Crippen LogP contribution in [-0.4, -0.2) is 23.2 Å². The summed E-state index contributed by atoms with van der Waals surface area (Å²) < 4.78 is 12.7. The molecule has 0 aromatic heterocycles. The standard InChI is InChI=1S/C13H18FNO2/c1-9(2)15-12(8-13(16)17)7-10-3-5-11(14)6-4-10/h3-6,9,12,15H,7-8H2,1-2H3,(H,16,17). The predicted octanol–water partition coefficient (Wildman–Crippen LogP) is 2.21. The van der Waals surface area contributed by atoms with Gasteiger partial charge in [0.1, 0.15) is 5.82 Å². The average Bonchev–Trinajstić information content (AvgIpc) is 2.19. The molecule has 4 heteroatoms. The van der Waals surface area contributed by atoms with Crippen molar-refractivity contribution in [3.8, 4) is 0 Å². The van der Waals surface area contributed by atoms with Crippen molar-refractivity contribution in [2.75, 3.05) is 0 Å². The minimum Gasteiger partial charge on any atom is -0.481 e. The quantitative estimate of drug-likeness (QED) is 0.800. The highest BCUT2D eigenvalue weighted by molar-refractivity contribution is 5.67. The molecule has 0 saturated carbocycles. The van der Waals surface area contributed by atoms with Crippen LogP contribution in [0.3, 0.4) is 0 Å². The summed E-state index contributed by atoms with van der Waals surface area (Å²) in [6, 6.07) is 6.25. The van der Waals surface area contributed by atoms with Crippen molar-refractivity contribution < 1.29 is 14.3 Å². The number of hydrogen-bond donors (Lipinski definition) is 2. The van der Waals surface area contributed by atoms with E-state index in [1.165, 1.54) is 12.1 Å². The SMILES string of the molecule is CC(C)NC(CC(=O)O)Cc1ccc(F)cc1. The van der Waals surface area contributed by atoms with Crippen LogP contribution in [0.25, 0.3) is 0 Å². The molecule has 0 aliphatic carbocycles. The van der Waals surface area contributed by atoms with Gasteiger partial charge in [0, 0.05) is 12.1 Å². The molecule has 0 fully saturated rings. The molecule has 1 rings (SSSR count). The first-order valence-electron chi connectivity index (χ1n) is 5.69. The van der Waals surface area contributed by atoms with Gasteiger partial charge in [0.25, 0.3) is 0 Å². The number of carboxylic acid groups (broad SMARTS) is 1. The lowest BCUT2D eigenvalue weighted by Gasteiger charge is -2.19. The minimum atomic E-state index is -0.828. The largest absolute Gasteiger partial charge is 0.481 e. The highest BCUT2D eigenvalue weighted by Crippen LogP contribution is 2.08. The van der Waals surface area contributed by atoms with Crippen molar-refractivity contribution in [2.45, 2.75) is 38.8 Å². The lowest BCUT2D eigenvalue weighted by Crippen LogP contribution is -2.38. The van der Waals surface area contributed by atoms with Crippen LogP contribution in [0.1, 0.15) is 25.8 Å². The van der Waals surface area contributed by atoms with Gasteiger partial charge >= 0.3 is 5.97 Å². The number of benzene rings is 1. The maximum atomic E-state index is 12.7. The lowest BCUT2D eigenvalue weighted by atomic mass is 10.0. The van der Waals surface area contributed by atoms with E-state index in [1.54, 1.807) is 12.1 Å². The zero-order valence-corrected chi connectivity index (χ0v) is 10.1. The Balaban J connectivity index is 2.64. The summed E-state index contributed by atoms with van der Waals surface area (Å²) in [6.45, 7) is 3.94. The Morgan fingerprint density at radius 3 is 2.41 bits per heavy atom. The van der Waals surface area contributed by atoms with Gasteiger partial charge in [0.05, 0.1) is 6.42 Å². The van der Waals surface area contributed by atoms with Crippen molar-refractivity contribution in [2.24, 2.45) is 0 Å². The van der Waals surface area contributed by atoms with E-state index in [0.717, 1.165) is 5.56 Å². The van der Waals surface area contributed by atoms with Gasteiger partial charge in [0.2, 0.25) is 0 Å². The fourth-order valence-electron chi connectivity index (χ4n) is 1.78. The Labute approximate surface area is 101 Å². The van der Waals surface area contributed by atoms with Crippen LogP contribution in [0.2, 0.25) is 0 Å². The van der Waals surface area contributed by atoms with E-state index in [2.05, 4.69) is 5.32 Å².